The first-order chi connectivity index (χ1) is 10.2. The topological polar surface area (TPSA) is 41.6 Å². The number of amides is 1. The van der Waals surface area contributed by atoms with Crippen molar-refractivity contribution in [1.29, 1.82) is 0 Å². The fourth-order valence-corrected chi connectivity index (χ4v) is 2.13. The van der Waals surface area contributed by atoms with Crippen LogP contribution in [0.4, 0.5) is 0 Å². The highest BCUT2D eigenvalue weighted by molar-refractivity contribution is 5.77. The molecule has 0 bridgehead atoms. The first-order valence-electron chi connectivity index (χ1n) is 7.90. The van der Waals surface area contributed by atoms with Gasteiger partial charge in [0.25, 0.3) is 5.91 Å². The van der Waals surface area contributed by atoms with Crippen LogP contribution in [0.1, 0.15) is 32.8 Å². The standard InChI is InChI=1S/C17H28N2O2/c1-4-7-15-8-10-16(11-9-15)21-14-17(20)18-12-13-19(5-2)6-3/h8-11H,4-7,12-14H2,1-3H3,(H,18,20). The zero-order valence-electron chi connectivity index (χ0n) is 13.5. The molecule has 0 atom stereocenters. The van der Waals surface area contributed by atoms with E-state index in [1.807, 2.05) is 12.1 Å². The second-order valence-corrected chi connectivity index (χ2v) is 5.06. The molecule has 0 aliphatic heterocycles. The van der Waals surface area contributed by atoms with E-state index in [9.17, 15) is 4.79 Å². The van der Waals surface area contributed by atoms with Crippen LogP contribution in [0.15, 0.2) is 24.3 Å². The van der Waals surface area contributed by atoms with Crippen LogP contribution < -0.4 is 10.1 Å². The summed E-state index contributed by atoms with van der Waals surface area (Å²) < 4.78 is 5.49. The molecule has 1 N–H and O–H groups in total. The van der Waals surface area contributed by atoms with E-state index < -0.39 is 0 Å². The summed E-state index contributed by atoms with van der Waals surface area (Å²) in [4.78, 5) is 14.0. The summed E-state index contributed by atoms with van der Waals surface area (Å²) in [5.74, 6) is 0.675. The highest BCUT2D eigenvalue weighted by Crippen LogP contribution is 2.13. The third-order valence-electron chi connectivity index (χ3n) is 3.48. The van der Waals surface area contributed by atoms with Crippen LogP contribution in [0.5, 0.6) is 5.75 Å². The van der Waals surface area contributed by atoms with Gasteiger partial charge in [0, 0.05) is 13.1 Å². The third kappa shape index (κ3) is 7.14. The van der Waals surface area contributed by atoms with Crippen molar-refractivity contribution in [1.82, 2.24) is 10.2 Å². The third-order valence-corrected chi connectivity index (χ3v) is 3.48. The lowest BCUT2D eigenvalue weighted by atomic mass is 10.1. The fraction of sp³-hybridized carbons (Fsp3) is 0.588. The smallest absolute Gasteiger partial charge is 0.257 e. The van der Waals surface area contributed by atoms with Crippen molar-refractivity contribution in [2.24, 2.45) is 0 Å². The van der Waals surface area contributed by atoms with Gasteiger partial charge in [-0.05, 0) is 37.2 Å². The summed E-state index contributed by atoms with van der Waals surface area (Å²) in [6.45, 7) is 10.0. The van der Waals surface area contributed by atoms with Crippen LogP contribution in [-0.4, -0.2) is 43.6 Å². The number of nitrogens with one attached hydrogen (secondary N) is 1. The predicted octanol–water partition coefficient (Wildman–Crippen LogP) is 2.48. The molecule has 4 nitrogen and oxygen atoms in total. The molecule has 0 fully saturated rings. The number of rotatable bonds is 10. The van der Waals surface area contributed by atoms with Crippen molar-refractivity contribution in [3.8, 4) is 5.75 Å². The van der Waals surface area contributed by atoms with Gasteiger partial charge in [-0.15, -0.1) is 0 Å². The molecule has 4 heteroatoms. The number of benzene rings is 1. The van der Waals surface area contributed by atoms with Gasteiger partial charge >= 0.3 is 0 Å². The van der Waals surface area contributed by atoms with Crippen LogP contribution >= 0.6 is 0 Å². The molecule has 0 heterocycles. The summed E-state index contributed by atoms with van der Waals surface area (Å²) in [6.07, 6.45) is 2.21. The van der Waals surface area contributed by atoms with E-state index in [2.05, 4.69) is 43.1 Å². The molecule has 0 aliphatic rings. The Balaban J connectivity index is 2.23. The quantitative estimate of drug-likeness (QED) is 0.720. The lowest BCUT2D eigenvalue weighted by molar-refractivity contribution is -0.123. The molecule has 0 aromatic heterocycles. The Morgan fingerprint density at radius 2 is 1.81 bits per heavy atom. The first-order valence-corrected chi connectivity index (χ1v) is 7.90. The van der Waals surface area contributed by atoms with Gasteiger partial charge in [0.1, 0.15) is 5.75 Å². The number of hydrogen-bond acceptors (Lipinski definition) is 3. The Morgan fingerprint density at radius 3 is 2.38 bits per heavy atom. The lowest BCUT2D eigenvalue weighted by Gasteiger charge is -2.17. The first kappa shape index (κ1) is 17.5. The van der Waals surface area contributed by atoms with Crippen LogP contribution in [0.3, 0.4) is 0 Å². The van der Waals surface area contributed by atoms with Gasteiger partial charge in [-0.2, -0.15) is 0 Å². The molecule has 0 unspecified atom stereocenters. The molecule has 0 spiro atoms. The van der Waals surface area contributed by atoms with E-state index >= 15 is 0 Å². The minimum atomic E-state index is -0.0696. The Hall–Kier alpha value is -1.55. The molecule has 1 aromatic carbocycles. The number of ether oxygens (including phenoxy) is 1. The van der Waals surface area contributed by atoms with Gasteiger partial charge in [0.05, 0.1) is 0 Å². The number of likely N-dealkylation sites (N-methyl/N-ethyl adjacent to an activating group) is 1. The number of aryl methyl sites for hydroxylation is 1. The minimum absolute atomic E-state index is 0.0696. The molecule has 1 amide bonds. The van der Waals surface area contributed by atoms with Gasteiger partial charge in [-0.3, -0.25) is 4.79 Å². The van der Waals surface area contributed by atoms with Crippen molar-refractivity contribution in [2.45, 2.75) is 33.6 Å². The highest BCUT2D eigenvalue weighted by atomic mass is 16.5. The molecular weight excluding hydrogens is 264 g/mol. The van der Waals surface area contributed by atoms with Crippen molar-refractivity contribution >= 4 is 5.91 Å². The zero-order chi connectivity index (χ0) is 15.5. The minimum Gasteiger partial charge on any atom is -0.484 e. The summed E-state index contributed by atoms with van der Waals surface area (Å²) >= 11 is 0. The molecule has 118 valence electrons. The SMILES string of the molecule is CCCc1ccc(OCC(=O)NCCN(CC)CC)cc1. The maximum atomic E-state index is 11.7. The number of carbonyl (C=O) groups is 1. The Bertz CT molecular complexity index is 400. The summed E-state index contributed by atoms with van der Waals surface area (Å²) in [6, 6.07) is 7.95. The summed E-state index contributed by atoms with van der Waals surface area (Å²) in [5.41, 5.74) is 1.30. The monoisotopic (exact) mass is 292 g/mol. The van der Waals surface area contributed by atoms with E-state index in [1.54, 1.807) is 0 Å². The molecule has 21 heavy (non-hydrogen) atoms. The normalized spacial score (nSPS) is 10.7. The lowest BCUT2D eigenvalue weighted by Crippen LogP contribution is -2.36. The second-order valence-electron chi connectivity index (χ2n) is 5.06. The Morgan fingerprint density at radius 1 is 1.14 bits per heavy atom. The van der Waals surface area contributed by atoms with Crippen LogP contribution in [0.2, 0.25) is 0 Å². The van der Waals surface area contributed by atoms with Gasteiger partial charge in [0.15, 0.2) is 6.61 Å². The Kier molecular flexibility index (Phi) is 8.51. The van der Waals surface area contributed by atoms with Crippen molar-refractivity contribution in [3.63, 3.8) is 0 Å². The van der Waals surface area contributed by atoms with Crippen LogP contribution in [0, 0.1) is 0 Å². The molecule has 1 aromatic rings. The molecule has 0 saturated carbocycles. The maximum absolute atomic E-state index is 11.7. The molecule has 1 rings (SSSR count). The van der Waals surface area contributed by atoms with E-state index in [4.69, 9.17) is 4.74 Å². The van der Waals surface area contributed by atoms with Gasteiger partial charge in [0.2, 0.25) is 0 Å². The van der Waals surface area contributed by atoms with E-state index in [0.717, 1.165) is 38.2 Å². The van der Waals surface area contributed by atoms with E-state index in [-0.39, 0.29) is 12.5 Å². The average molecular weight is 292 g/mol. The average Bonchev–Trinajstić information content (AvgIpc) is 2.51. The maximum Gasteiger partial charge on any atom is 0.257 e. The van der Waals surface area contributed by atoms with Crippen molar-refractivity contribution in [3.05, 3.63) is 29.8 Å². The summed E-state index contributed by atoms with van der Waals surface area (Å²) in [7, 11) is 0. The predicted molar refractivity (Wildman–Crippen MR) is 86.7 cm³/mol. The van der Waals surface area contributed by atoms with Crippen molar-refractivity contribution < 1.29 is 9.53 Å². The number of nitrogens with zero attached hydrogens (tertiary/aromatic N) is 1. The molecular formula is C17H28N2O2. The Labute approximate surface area is 128 Å². The van der Waals surface area contributed by atoms with Crippen LogP contribution in [-0.2, 0) is 11.2 Å². The highest BCUT2D eigenvalue weighted by Gasteiger charge is 2.04. The fourth-order valence-electron chi connectivity index (χ4n) is 2.13. The van der Waals surface area contributed by atoms with Gasteiger partial charge in [-0.1, -0.05) is 39.3 Å². The van der Waals surface area contributed by atoms with Gasteiger partial charge < -0.3 is 15.0 Å². The van der Waals surface area contributed by atoms with Gasteiger partial charge in [-0.25, -0.2) is 0 Å². The molecule has 0 radical (unpaired) electrons. The number of carbonyl (C=O) groups excluding carboxylic acids is 1. The van der Waals surface area contributed by atoms with E-state index in [0.29, 0.717) is 6.54 Å². The number of hydrogen-bond donors (Lipinski definition) is 1. The molecule has 0 saturated heterocycles. The van der Waals surface area contributed by atoms with Crippen molar-refractivity contribution in [2.75, 3.05) is 32.8 Å². The molecule has 0 aliphatic carbocycles. The second kappa shape index (κ2) is 10.2. The van der Waals surface area contributed by atoms with Crippen LogP contribution in [0.25, 0.3) is 0 Å². The zero-order valence-corrected chi connectivity index (χ0v) is 13.5. The summed E-state index contributed by atoms with van der Waals surface area (Å²) in [5, 5.41) is 2.88. The van der Waals surface area contributed by atoms with E-state index in [1.165, 1.54) is 5.56 Å². The largest absolute Gasteiger partial charge is 0.484 e.